The standard InChI is InChI=1S/C7H16N2/c1-3-5-9-6-4-8-7(9)2/h7-8H,3-6H2,1-2H3. The van der Waals surface area contributed by atoms with Crippen molar-refractivity contribution in [1.82, 2.24) is 10.2 Å². The molecule has 1 aliphatic heterocycles. The molecule has 0 saturated carbocycles. The van der Waals surface area contributed by atoms with Crippen LogP contribution in [0.3, 0.4) is 0 Å². The van der Waals surface area contributed by atoms with Crippen molar-refractivity contribution < 1.29 is 0 Å². The molecule has 1 aliphatic rings. The second kappa shape index (κ2) is 3.18. The van der Waals surface area contributed by atoms with Crippen LogP contribution in [-0.4, -0.2) is 30.7 Å². The average molecular weight is 128 g/mol. The van der Waals surface area contributed by atoms with E-state index in [0.717, 1.165) is 0 Å². The van der Waals surface area contributed by atoms with E-state index in [4.69, 9.17) is 0 Å². The summed E-state index contributed by atoms with van der Waals surface area (Å²) in [5.74, 6) is 0. The summed E-state index contributed by atoms with van der Waals surface area (Å²) in [5.41, 5.74) is 0. The summed E-state index contributed by atoms with van der Waals surface area (Å²) in [5, 5.41) is 3.38. The minimum atomic E-state index is 0.616. The molecule has 0 bridgehead atoms. The zero-order valence-electron chi connectivity index (χ0n) is 6.35. The van der Waals surface area contributed by atoms with Crippen molar-refractivity contribution in [3.05, 3.63) is 0 Å². The predicted molar refractivity (Wildman–Crippen MR) is 39.3 cm³/mol. The number of hydrogen-bond acceptors (Lipinski definition) is 2. The third-order valence-electron chi connectivity index (χ3n) is 1.90. The monoisotopic (exact) mass is 128 g/mol. The normalized spacial score (nSPS) is 29.3. The molecule has 1 heterocycles. The molecule has 0 aromatic heterocycles. The van der Waals surface area contributed by atoms with Gasteiger partial charge in [-0.15, -0.1) is 0 Å². The summed E-state index contributed by atoms with van der Waals surface area (Å²) in [7, 11) is 0. The molecule has 2 heteroatoms. The second-order valence-electron chi connectivity index (χ2n) is 2.67. The molecule has 1 rings (SSSR count). The summed E-state index contributed by atoms with van der Waals surface area (Å²) in [6.07, 6.45) is 1.89. The Balaban J connectivity index is 2.22. The summed E-state index contributed by atoms with van der Waals surface area (Å²) in [6, 6.07) is 0. The maximum Gasteiger partial charge on any atom is 0.0568 e. The fourth-order valence-electron chi connectivity index (χ4n) is 1.33. The van der Waals surface area contributed by atoms with Gasteiger partial charge in [0.05, 0.1) is 6.17 Å². The first kappa shape index (κ1) is 7.03. The smallest absolute Gasteiger partial charge is 0.0568 e. The molecule has 54 valence electrons. The lowest BCUT2D eigenvalue weighted by Gasteiger charge is -2.18. The van der Waals surface area contributed by atoms with E-state index < -0.39 is 0 Å². The molecule has 0 spiro atoms. The number of nitrogens with zero attached hydrogens (tertiary/aromatic N) is 1. The van der Waals surface area contributed by atoms with Crippen molar-refractivity contribution >= 4 is 0 Å². The van der Waals surface area contributed by atoms with Crippen LogP contribution in [-0.2, 0) is 0 Å². The fraction of sp³-hybridized carbons (Fsp3) is 1.00. The van der Waals surface area contributed by atoms with Gasteiger partial charge in [0.2, 0.25) is 0 Å². The minimum Gasteiger partial charge on any atom is -0.301 e. The summed E-state index contributed by atoms with van der Waals surface area (Å²) >= 11 is 0. The molecule has 0 aromatic carbocycles. The van der Waals surface area contributed by atoms with Gasteiger partial charge in [0, 0.05) is 13.1 Å². The molecule has 9 heavy (non-hydrogen) atoms. The SMILES string of the molecule is CCCN1CCNC1C. The first-order valence-corrected chi connectivity index (χ1v) is 3.82. The highest BCUT2D eigenvalue weighted by atomic mass is 15.3. The van der Waals surface area contributed by atoms with Crippen molar-refractivity contribution in [3.63, 3.8) is 0 Å². The topological polar surface area (TPSA) is 15.3 Å². The van der Waals surface area contributed by atoms with Gasteiger partial charge < -0.3 is 5.32 Å². The Bertz CT molecular complexity index is 83.0. The molecular weight excluding hydrogens is 112 g/mol. The van der Waals surface area contributed by atoms with Gasteiger partial charge in [-0.25, -0.2) is 0 Å². The number of rotatable bonds is 2. The van der Waals surface area contributed by atoms with E-state index in [2.05, 4.69) is 24.1 Å². The van der Waals surface area contributed by atoms with Gasteiger partial charge in [-0.3, -0.25) is 4.90 Å². The Morgan fingerprint density at radius 1 is 1.67 bits per heavy atom. The molecule has 1 unspecified atom stereocenters. The Kier molecular flexibility index (Phi) is 2.49. The Hall–Kier alpha value is -0.0800. The van der Waals surface area contributed by atoms with Gasteiger partial charge in [0.15, 0.2) is 0 Å². The molecule has 0 radical (unpaired) electrons. The third-order valence-corrected chi connectivity index (χ3v) is 1.90. The molecular formula is C7H16N2. The largest absolute Gasteiger partial charge is 0.301 e. The van der Waals surface area contributed by atoms with Crippen molar-refractivity contribution in [2.24, 2.45) is 0 Å². The number of nitrogens with one attached hydrogen (secondary N) is 1. The first-order valence-electron chi connectivity index (χ1n) is 3.82. The fourth-order valence-corrected chi connectivity index (χ4v) is 1.33. The van der Waals surface area contributed by atoms with Crippen LogP contribution in [0.1, 0.15) is 20.3 Å². The van der Waals surface area contributed by atoms with Gasteiger partial charge in [0.1, 0.15) is 0 Å². The van der Waals surface area contributed by atoms with E-state index >= 15 is 0 Å². The van der Waals surface area contributed by atoms with Crippen LogP contribution < -0.4 is 5.32 Å². The van der Waals surface area contributed by atoms with E-state index in [-0.39, 0.29) is 0 Å². The molecule has 0 amide bonds. The summed E-state index contributed by atoms with van der Waals surface area (Å²) in [4.78, 5) is 2.47. The van der Waals surface area contributed by atoms with Crippen LogP contribution in [0.25, 0.3) is 0 Å². The van der Waals surface area contributed by atoms with Crippen LogP contribution in [0, 0.1) is 0 Å². The van der Waals surface area contributed by atoms with E-state index in [1.54, 1.807) is 0 Å². The average Bonchev–Trinajstić information content (AvgIpc) is 2.18. The molecule has 1 atom stereocenters. The zero-order chi connectivity index (χ0) is 6.69. The first-order chi connectivity index (χ1) is 4.34. The van der Waals surface area contributed by atoms with Crippen LogP contribution in [0.15, 0.2) is 0 Å². The molecule has 1 fully saturated rings. The highest BCUT2D eigenvalue weighted by molar-refractivity contribution is 4.72. The predicted octanol–water partition coefficient (Wildman–Crippen LogP) is 0.648. The van der Waals surface area contributed by atoms with Gasteiger partial charge in [0.25, 0.3) is 0 Å². The van der Waals surface area contributed by atoms with Crippen molar-refractivity contribution in [1.29, 1.82) is 0 Å². The third kappa shape index (κ3) is 1.66. The summed E-state index contributed by atoms with van der Waals surface area (Å²) < 4.78 is 0. The quantitative estimate of drug-likeness (QED) is 0.587. The van der Waals surface area contributed by atoms with E-state index in [0.29, 0.717) is 6.17 Å². The molecule has 1 N–H and O–H groups in total. The lowest BCUT2D eigenvalue weighted by atomic mass is 10.4. The van der Waals surface area contributed by atoms with Crippen molar-refractivity contribution in [2.45, 2.75) is 26.4 Å². The lowest BCUT2D eigenvalue weighted by molar-refractivity contribution is 0.258. The van der Waals surface area contributed by atoms with Gasteiger partial charge in [-0.2, -0.15) is 0 Å². The van der Waals surface area contributed by atoms with Crippen LogP contribution in [0.5, 0.6) is 0 Å². The van der Waals surface area contributed by atoms with E-state index in [9.17, 15) is 0 Å². The van der Waals surface area contributed by atoms with Crippen LogP contribution in [0.2, 0.25) is 0 Å². The highest BCUT2D eigenvalue weighted by Gasteiger charge is 2.16. The molecule has 2 nitrogen and oxygen atoms in total. The Morgan fingerprint density at radius 3 is 2.89 bits per heavy atom. The minimum absolute atomic E-state index is 0.616. The Labute approximate surface area is 57.2 Å². The van der Waals surface area contributed by atoms with Gasteiger partial charge in [-0.05, 0) is 19.9 Å². The molecule has 0 aliphatic carbocycles. The zero-order valence-corrected chi connectivity index (χ0v) is 6.35. The van der Waals surface area contributed by atoms with Crippen molar-refractivity contribution in [2.75, 3.05) is 19.6 Å². The summed E-state index contributed by atoms with van der Waals surface area (Å²) in [6.45, 7) is 8.10. The maximum absolute atomic E-state index is 3.38. The number of hydrogen-bond donors (Lipinski definition) is 1. The van der Waals surface area contributed by atoms with E-state index in [1.165, 1.54) is 26.1 Å². The Morgan fingerprint density at radius 2 is 2.44 bits per heavy atom. The molecule has 0 aromatic rings. The van der Waals surface area contributed by atoms with Crippen molar-refractivity contribution in [3.8, 4) is 0 Å². The van der Waals surface area contributed by atoms with Crippen LogP contribution in [0.4, 0.5) is 0 Å². The van der Waals surface area contributed by atoms with Crippen LogP contribution >= 0.6 is 0 Å². The molecule has 1 saturated heterocycles. The van der Waals surface area contributed by atoms with Gasteiger partial charge >= 0.3 is 0 Å². The second-order valence-corrected chi connectivity index (χ2v) is 2.67. The lowest BCUT2D eigenvalue weighted by Crippen LogP contribution is -2.32. The van der Waals surface area contributed by atoms with Gasteiger partial charge in [-0.1, -0.05) is 6.92 Å². The van der Waals surface area contributed by atoms with E-state index in [1.807, 2.05) is 0 Å². The highest BCUT2D eigenvalue weighted by Crippen LogP contribution is 2.01. The maximum atomic E-state index is 3.38.